The molecule has 0 aliphatic carbocycles. The lowest BCUT2D eigenvalue weighted by atomic mass is 10.1. The van der Waals surface area contributed by atoms with E-state index < -0.39 is 0 Å². The molecule has 0 amide bonds. The highest BCUT2D eigenvalue weighted by Gasteiger charge is 2.08. The summed E-state index contributed by atoms with van der Waals surface area (Å²) in [6.45, 7) is 0.841. The Morgan fingerprint density at radius 1 is 1.32 bits per heavy atom. The molecular weight excluding hydrogens is 246 g/mol. The summed E-state index contributed by atoms with van der Waals surface area (Å²) < 4.78 is 10.9. The monoisotopic (exact) mass is 263 g/mol. The summed E-state index contributed by atoms with van der Waals surface area (Å²) in [4.78, 5) is 1.39. The molecule has 1 heterocycles. The van der Waals surface area contributed by atoms with Crippen LogP contribution in [0.1, 0.15) is 11.4 Å². The third-order valence-corrected chi connectivity index (χ3v) is 2.57. The van der Waals surface area contributed by atoms with Crippen LogP contribution in [0, 0.1) is 0 Å². The number of hydrogen-bond acceptors (Lipinski definition) is 6. The molecule has 0 bridgehead atoms. The van der Waals surface area contributed by atoms with Crippen LogP contribution in [-0.2, 0) is 20.1 Å². The first-order valence-electron chi connectivity index (χ1n) is 5.95. The van der Waals surface area contributed by atoms with E-state index in [1.165, 1.54) is 4.80 Å². The maximum absolute atomic E-state index is 5.67. The van der Waals surface area contributed by atoms with E-state index in [4.69, 9.17) is 15.2 Å². The van der Waals surface area contributed by atoms with Crippen molar-refractivity contribution in [2.24, 2.45) is 12.8 Å². The van der Waals surface area contributed by atoms with Crippen molar-refractivity contribution in [3.05, 3.63) is 29.6 Å². The van der Waals surface area contributed by atoms with Crippen molar-refractivity contribution in [2.75, 3.05) is 13.7 Å². The van der Waals surface area contributed by atoms with Gasteiger partial charge in [-0.15, -0.1) is 10.2 Å². The average molecular weight is 263 g/mol. The van der Waals surface area contributed by atoms with E-state index in [2.05, 4.69) is 15.4 Å². The molecule has 2 rings (SSSR count). The predicted molar refractivity (Wildman–Crippen MR) is 68.9 cm³/mol. The van der Waals surface area contributed by atoms with Crippen LogP contribution in [0.2, 0.25) is 0 Å². The highest BCUT2D eigenvalue weighted by molar-refractivity contribution is 5.43. The summed E-state index contributed by atoms with van der Waals surface area (Å²) in [6, 6.07) is 5.76. The van der Waals surface area contributed by atoms with Gasteiger partial charge in [0.2, 0.25) is 5.82 Å². The van der Waals surface area contributed by atoms with E-state index in [1.54, 1.807) is 14.2 Å². The van der Waals surface area contributed by atoms with Crippen molar-refractivity contribution in [3.8, 4) is 11.5 Å². The summed E-state index contributed by atoms with van der Waals surface area (Å²) in [5.74, 6) is 1.85. The Labute approximate surface area is 111 Å². The number of aryl methyl sites for hydroxylation is 1. The first-order chi connectivity index (χ1) is 9.22. The van der Waals surface area contributed by atoms with Crippen molar-refractivity contribution in [2.45, 2.75) is 13.0 Å². The smallest absolute Gasteiger partial charge is 0.212 e. The number of tetrazole rings is 1. The van der Waals surface area contributed by atoms with Crippen molar-refractivity contribution in [1.29, 1.82) is 0 Å². The van der Waals surface area contributed by atoms with Gasteiger partial charge < -0.3 is 15.2 Å². The van der Waals surface area contributed by atoms with Gasteiger partial charge in [-0.3, -0.25) is 0 Å². The molecule has 0 aliphatic heterocycles. The van der Waals surface area contributed by atoms with Gasteiger partial charge in [0.15, 0.2) is 18.1 Å². The van der Waals surface area contributed by atoms with Gasteiger partial charge in [-0.1, -0.05) is 6.07 Å². The van der Waals surface area contributed by atoms with E-state index in [1.807, 2.05) is 18.2 Å². The largest absolute Gasteiger partial charge is 0.493 e. The number of rotatable bonds is 6. The number of nitrogens with zero attached hydrogens (tertiary/aromatic N) is 4. The van der Waals surface area contributed by atoms with Crippen LogP contribution in [0.4, 0.5) is 0 Å². The van der Waals surface area contributed by atoms with E-state index >= 15 is 0 Å². The maximum atomic E-state index is 5.67. The molecule has 102 valence electrons. The third-order valence-electron chi connectivity index (χ3n) is 2.57. The molecule has 0 aliphatic rings. The molecule has 0 unspecified atom stereocenters. The highest BCUT2D eigenvalue weighted by Crippen LogP contribution is 2.28. The molecule has 1 aromatic carbocycles. The minimum Gasteiger partial charge on any atom is -0.493 e. The molecule has 7 heteroatoms. The van der Waals surface area contributed by atoms with Crippen LogP contribution in [0.5, 0.6) is 11.5 Å². The molecule has 2 aromatic rings. The van der Waals surface area contributed by atoms with Crippen LogP contribution in [0.3, 0.4) is 0 Å². The minimum absolute atomic E-state index is 0.246. The van der Waals surface area contributed by atoms with Crippen LogP contribution in [0.15, 0.2) is 18.2 Å². The molecule has 19 heavy (non-hydrogen) atoms. The Kier molecular flexibility index (Phi) is 4.30. The first-order valence-corrected chi connectivity index (χ1v) is 5.95. The summed E-state index contributed by atoms with van der Waals surface area (Å²) >= 11 is 0. The topological polar surface area (TPSA) is 88.1 Å². The molecule has 0 saturated carbocycles. The SMILES string of the molecule is COc1ccc(CCN)cc1OCc1nnn(C)n1. The van der Waals surface area contributed by atoms with Gasteiger partial charge in [0.25, 0.3) is 0 Å². The van der Waals surface area contributed by atoms with Gasteiger partial charge >= 0.3 is 0 Å². The Balaban J connectivity index is 2.10. The fourth-order valence-electron chi connectivity index (χ4n) is 1.68. The fraction of sp³-hybridized carbons (Fsp3) is 0.417. The summed E-state index contributed by atoms with van der Waals surface area (Å²) in [6.07, 6.45) is 0.795. The molecule has 0 saturated heterocycles. The predicted octanol–water partition coefficient (Wildman–Crippen LogP) is 0.299. The zero-order valence-corrected chi connectivity index (χ0v) is 11.0. The van der Waals surface area contributed by atoms with E-state index in [0.29, 0.717) is 23.9 Å². The van der Waals surface area contributed by atoms with E-state index in [0.717, 1.165) is 12.0 Å². The molecule has 1 aromatic heterocycles. The standard InChI is InChI=1S/C12H17N5O2/c1-17-15-12(14-16-17)8-19-11-7-9(5-6-13)3-4-10(11)18-2/h3-4,7H,5-6,8,13H2,1-2H3. The zero-order valence-electron chi connectivity index (χ0n) is 11.0. The van der Waals surface area contributed by atoms with Crippen molar-refractivity contribution in [3.63, 3.8) is 0 Å². The van der Waals surface area contributed by atoms with Crippen LogP contribution in [0.25, 0.3) is 0 Å². The number of aromatic nitrogens is 4. The average Bonchev–Trinajstić information content (AvgIpc) is 2.83. The van der Waals surface area contributed by atoms with Crippen molar-refractivity contribution >= 4 is 0 Å². The third kappa shape index (κ3) is 3.41. The first kappa shape index (κ1) is 13.3. The van der Waals surface area contributed by atoms with Crippen molar-refractivity contribution in [1.82, 2.24) is 20.2 Å². The lowest BCUT2D eigenvalue weighted by molar-refractivity contribution is 0.275. The molecule has 2 N–H and O–H groups in total. The van der Waals surface area contributed by atoms with Gasteiger partial charge in [0, 0.05) is 0 Å². The molecule has 0 fully saturated rings. The number of ether oxygens (including phenoxy) is 2. The lowest BCUT2D eigenvalue weighted by Gasteiger charge is -2.10. The minimum atomic E-state index is 0.246. The second kappa shape index (κ2) is 6.14. The second-order valence-corrected chi connectivity index (χ2v) is 4.01. The summed E-state index contributed by atoms with van der Waals surface area (Å²) in [5, 5.41) is 11.7. The molecular formula is C12H17N5O2. The Morgan fingerprint density at radius 3 is 2.79 bits per heavy atom. The summed E-state index contributed by atoms with van der Waals surface area (Å²) in [7, 11) is 3.31. The van der Waals surface area contributed by atoms with Crippen molar-refractivity contribution < 1.29 is 9.47 Å². The van der Waals surface area contributed by atoms with Gasteiger partial charge in [0.1, 0.15) is 0 Å². The van der Waals surface area contributed by atoms with Crippen LogP contribution < -0.4 is 15.2 Å². The Hall–Kier alpha value is -2.15. The van der Waals surface area contributed by atoms with Gasteiger partial charge in [-0.2, -0.15) is 4.80 Å². The van der Waals surface area contributed by atoms with Gasteiger partial charge in [-0.25, -0.2) is 0 Å². The number of methoxy groups -OCH3 is 1. The van der Waals surface area contributed by atoms with Gasteiger partial charge in [0.05, 0.1) is 14.2 Å². The zero-order chi connectivity index (χ0) is 13.7. The quantitative estimate of drug-likeness (QED) is 0.806. The molecule has 0 atom stereocenters. The number of benzene rings is 1. The summed E-state index contributed by atoms with van der Waals surface area (Å²) in [5.41, 5.74) is 6.65. The Bertz CT molecular complexity index is 541. The fourth-order valence-corrected chi connectivity index (χ4v) is 1.68. The molecule has 7 nitrogen and oxygen atoms in total. The normalized spacial score (nSPS) is 10.5. The van der Waals surface area contributed by atoms with Crippen LogP contribution >= 0.6 is 0 Å². The van der Waals surface area contributed by atoms with Gasteiger partial charge in [-0.05, 0) is 35.9 Å². The second-order valence-electron chi connectivity index (χ2n) is 4.01. The van der Waals surface area contributed by atoms with Crippen LogP contribution in [-0.4, -0.2) is 33.9 Å². The number of nitrogens with two attached hydrogens (primary N) is 1. The van der Waals surface area contributed by atoms with E-state index in [9.17, 15) is 0 Å². The lowest BCUT2D eigenvalue weighted by Crippen LogP contribution is -2.04. The number of hydrogen-bond donors (Lipinski definition) is 1. The highest BCUT2D eigenvalue weighted by atomic mass is 16.5. The Morgan fingerprint density at radius 2 is 2.16 bits per heavy atom. The maximum Gasteiger partial charge on any atom is 0.212 e. The molecule has 0 spiro atoms. The molecule has 0 radical (unpaired) electrons. The van der Waals surface area contributed by atoms with E-state index in [-0.39, 0.29) is 6.61 Å².